The second-order valence-corrected chi connectivity index (χ2v) is 7.58. The molecule has 0 unspecified atom stereocenters. The van der Waals surface area contributed by atoms with Crippen molar-refractivity contribution in [1.29, 1.82) is 0 Å². The summed E-state index contributed by atoms with van der Waals surface area (Å²) in [6.45, 7) is 0. The number of sulfonamides is 1. The van der Waals surface area contributed by atoms with Crippen LogP contribution in [0.5, 0.6) is 11.5 Å². The highest BCUT2D eigenvalue weighted by molar-refractivity contribution is 7.94. The van der Waals surface area contributed by atoms with Gasteiger partial charge in [0.2, 0.25) is 0 Å². The maximum absolute atomic E-state index is 12.6. The van der Waals surface area contributed by atoms with E-state index < -0.39 is 16.0 Å². The smallest absolute Gasteiger partial charge is 0.336 e. The predicted octanol–water partition coefficient (Wildman–Crippen LogP) is 2.29. The molecule has 7 nitrogen and oxygen atoms in total. The van der Waals surface area contributed by atoms with Gasteiger partial charge in [-0.05, 0) is 18.2 Å². The van der Waals surface area contributed by atoms with Crippen molar-refractivity contribution >= 4 is 33.0 Å². The summed E-state index contributed by atoms with van der Waals surface area (Å²) < 4.78 is 36.5. The van der Waals surface area contributed by atoms with Crippen molar-refractivity contribution in [3.63, 3.8) is 0 Å². The first-order valence-electron chi connectivity index (χ1n) is 6.34. The van der Waals surface area contributed by atoms with Crippen molar-refractivity contribution < 1.29 is 27.8 Å². The molecule has 1 heterocycles. The van der Waals surface area contributed by atoms with E-state index in [1.54, 1.807) is 12.1 Å². The molecule has 124 valence electrons. The number of hydrogen-bond acceptors (Lipinski definition) is 6. The summed E-state index contributed by atoms with van der Waals surface area (Å²) in [6.07, 6.45) is 0. The van der Waals surface area contributed by atoms with Crippen molar-refractivity contribution in [2.75, 3.05) is 25.6 Å². The lowest BCUT2D eigenvalue weighted by Gasteiger charge is -2.19. The monoisotopic (exact) mass is 357 g/mol. The van der Waals surface area contributed by atoms with Crippen LogP contribution in [0.3, 0.4) is 0 Å². The van der Waals surface area contributed by atoms with Gasteiger partial charge in [-0.3, -0.25) is 4.31 Å². The quantitative estimate of drug-likeness (QED) is 0.853. The largest absolute Gasteiger partial charge is 0.493 e. The van der Waals surface area contributed by atoms with Gasteiger partial charge in [-0.1, -0.05) is 0 Å². The summed E-state index contributed by atoms with van der Waals surface area (Å²) in [6, 6.07) is 5.84. The van der Waals surface area contributed by atoms with Crippen molar-refractivity contribution in [1.82, 2.24) is 0 Å². The molecule has 2 aromatic rings. The number of thiophene rings is 1. The highest BCUT2D eigenvalue weighted by Gasteiger charge is 2.25. The molecular weight excluding hydrogens is 342 g/mol. The van der Waals surface area contributed by atoms with Crippen LogP contribution in [0.15, 0.2) is 33.9 Å². The SMILES string of the molecule is COc1ccc(N(C)S(=O)(=O)c2cc(C(=O)O)cs2)cc1OC. The molecule has 0 bridgehead atoms. The molecule has 0 atom stereocenters. The van der Waals surface area contributed by atoms with Crippen LogP contribution in [0, 0.1) is 0 Å². The predicted molar refractivity (Wildman–Crippen MR) is 86.4 cm³/mol. The van der Waals surface area contributed by atoms with Crippen LogP contribution in [0.4, 0.5) is 5.69 Å². The van der Waals surface area contributed by atoms with Crippen LogP contribution in [0.25, 0.3) is 0 Å². The topological polar surface area (TPSA) is 93.1 Å². The lowest BCUT2D eigenvalue weighted by atomic mass is 10.3. The average Bonchev–Trinajstić information content (AvgIpc) is 3.04. The number of aromatic carboxylic acids is 1. The minimum absolute atomic E-state index is 0.0489. The van der Waals surface area contributed by atoms with E-state index in [1.807, 2.05) is 0 Å². The Morgan fingerprint density at radius 3 is 2.35 bits per heavy atom. The third-order valence-electron chi connectivity index (χ3n) is 3.17. The number of hydrogen-bond donors (Lipinski definition) is 1. The summed E-state index contributed by atoms with van der Waals surface area (Å²) >= 11 is 0.859. The first kappa shape index (κ1) is 17.1. The first-order valence-corrected chi connectivity index (χ1v) is 8.66. The van der Waals surface area contributed by atoms with Gasteiger partial charge in [0.05, 0.1) is 25.5 Å². The van der Waals surface area contributed by atoms with Gasteiger partial charge < -0.3 is 14.6 Å². The second-order valence-electron chi connectivity index (χ2n) is 4.47. The summed E-state index contributed by atoms with van der Waals surface area (Å²) in [5.41, 5.74) is 0.308. The number of rotatable bonds is 6. The zero-order valence-electron chi connectivity index (χ0n) is 12.6. The normalized spacial score (nSPS) is 11.1. The van der Waals surface area contributed by atoms with E-state index in [0.717, 1.165) is 21.7 Å². The Morgan fingerprint density at radius 2 is 1.83 bits per heavy atom. The van der Waals surface area contributed by atoms with Gasteiger partial charge in [-0.15, -0.1) is 11.3 Å². The molecule has 1 N–H and O–H groups in total. The van der Waals surface area contributed by atoms with E-state index in [0.29, 0.717) is 17.2 Å². The fourth-order valence-corrected chi connectivity index (χ4v) is 4.37. The number of carboxylic acid groups (broad SMARTS) is 1. The Labute approximate surface area is 137 Å². The number of nitrogens with zero attached hydrogens (tertiary/aromatic N) is 1. The summed E-state index contributed by atoms with van der Waals surface area (Å²) in [5, 5.41) is 10.2. The third-order valence-corrected chi connectivity index (χ3v) is 6.37. The Morgan fingerprint density at radius 1 is 1.17 bits per heavy atom. The van der Waals surface area contributed by atoms with Crippen LogP contribution in [-0.2, 0) is 10.0 Å². The number of methoxy groups -OCH3 is 2. The van der Waals surface area contributed by atoms with E-state index in [-0.39, 0.29) is 9.77 Å². The van der Waals surface area contributed by atoms with Crippen molar-refractivity contribution in [2.24, 2.45) is 0 Å². The zero-order chi connectivity index (χ0) is 17.2. The highest BCUT2D eigenvalue weighted by atomic mass is 32.2. The van der Waals surface area contributed by atoms with Crippen LogP contribution >= 0.6 is 11.3 Å². The first-order chi connectivity index (χ1) is 10.8. The molecule has 0 fully saturated rings. The molecule has 1 aromatic carbocycles. The molecule has 0 radical (unpaired) electrons. The summed E-state index contributed by atoms with van der Waals surface area (Å²) in [4.78, 5) is 10.9. The van der Waals surface area contributed by atoms with Crippen LogP contribution in [-0.4, -0.2) is 40.8 Å². The second kappa shape index (κ2) is 6.47. The van der Waals surface area contributed by atoms with Crippen LogP contribution < -0.4 is 13.8 Å². The third kappa shape index (κ3) is 3.25. The fourth-order valence-electron chi connectivity index (χ4n) is 1.86. The number of carboxylic acids is 1. The van der Waals surface area contributed by atoms with E-state index in [2.05, 4.69) is 0 Å². The van der Waals surface area contributed by atoms with E-state index >= 15 is 0 Å². The number of benzene rings is 1. The fraction of sp³-hybridized carbons (Fsp3) is 0.214. The Bertz CT molecular complexity index is 828. The van der Waals surface area contributed by atoms with Crippen LogP contribution in [0.1, 0.15) is 10.4 Å². The van der Waals surface area contributed by atoms with Crippen molar-refractivity contribution in [3.05, 3.63) is 35.2 Å². The number of carbonyl (C=O) groups is 1. The van der Waals surface area contributed by atoms with Crippen molar-refractivity contribution in [3.8, 4) is 11.5 Å². The Hall–Kier alpha value is -2.26. The van der Waals surface area contributed by atoms with Gasteiger partial charge in [-0.2, -0.15) is 0 Å². The molecule has 0 amide bonds. The van der Waals surface area contributed by atoms with Gasteiger partial charge >= 0.3 is 5.97 Å². The molecule has 23 heavy (non-hydrogen) atoms. The summed E-state index contributed by atoms with van der Waals surface area (Å²) in [7, 11) is 0.465. The van der Waals surface area contributed by atoms with Gasteiger partial charge in [0.15, 0.2) is 11.5 Å². The zero-order valence-corrected chi connectivity index (χ0v) is 14.3. The van der Waals surface area contributed by atoms with E-state index in [4.69, 9.17) is 14.6 Å². The molecule has 0 aliphatic carbocycles. The molecule has 0 saturated carbocycles. The number of ether oxygens (including phenoxy) is 2. The van der Waals surface area contributed by atoms with Gasteiger partial charge in [-0.25, -0.2) is 13.2 Å². The van der Waals surface area contributed by atoms with E-state index in [1.165, 1.54) is 32.7 Å². The maximum atomic E-state index is 12.6. The van der Waals surface area contributed by atoms with Crippen molar-refractivity contribution in [2.45, 2.75) is 4.21 Å². The van der Waals surface area contributed by atoms with Gasteiger partial charge in [0, 0.05) is 18.5 Å². The van der Waals surface area contributed by atoms with Gasteiger partial charge in [0.1, 0.15) is 4.21 Å². The number of anilines is 1. The molecule has 1 aromatic heterocycles. The summed E-state index contributed by atoms with van der Waals surface area (Å²) in [5.74, 6) is -0.299. The molecule has 0 aliphatic rings. The molecule has 9 heteroatoms. The van der Waals surface area contributed by atoms with Crippen LogP contribution in [0.2, 0.25) is 0 Å². The average molecular weight is 357 g/mol. The lowest BCUT2D eigenvalue weighted by Crippen LogP contribution is -2.25. The molecular formula is C14H15NO6S2. The lowest BCUT2D eigenvalue weighted by molar-refractivity contribution is 0.0697. The highest BCUT2D eigenvalue weighted by Crippen LogP contribution is 2.34. The van der Waals surface area contributed by atoms with Gasteiger partial charge in [0.25, 0.3) is 10.0 Å². The maximum Gasteiger partial charge on any atom is 0.336 e. The Balaban J connectivity index is 2.41. The molecule has 0 spiro atoms. The van der Waals surface area contributed by atoms with E-state index in [9.17, 15) is 13.2 Å². The molecule has 0 saturated heterocycles. The Kier molecular flexibility index (Phi) is 4.81. The standard InChI is InChI=1S/C14H15NO6S2/c1-15(10-4-5-11(20-2)12(7-10)21-3)23(18,19)13-6-9(8-22-13)14(16)17/h4-8H,1-3H3,(H,16,17). The molecule has 0 aliphatic heterocycles. The molecule has 2 rings (SSSR count). The minimum atomic E-state index is -3.86. The minimum Gasteiger partial charge on any atom is -0.493 e.